The molecule has 1 fully saturated rings. The standard InChI is InChI=1S/C14H23NO2/c1-15-13(10-12-7-9-16-11-12)5-6-14-4-2-3-8-17-14/h7,9,11,13-15H,2-6,8,10H2,1H3. The van der Waals surface area contributed by atoms with Gasteiger partial charge in [0.2, 0.25) is 0 Å². The van der Waals surface area contributed by atoms with Gasteiger partial charge < -0.3 is 14.5 Å². The third-order valence-corrected chi connectivity index (χ3v) is 3.58. The van der Waals surface area contributed by atoms with Crippen molar-refractivity contribution in [1.82, 2.24) is 5.32 Å². The van der Waals surface area contributed by atoms with Gasteiger partial charge in [-0.3, -0.25) is 0 Å². The molecule has 0 aliphatic carbocycles. The lowest BCUT2D eigenvalue weighted by Gasteiger charge is -2.24. The highest BCUT2D eigenvalue weighted by Crippen LogP contribution is 2.18. The minimum Gasteiger partial charge on any atom is -0.472 e. The van der Waals surface area contributed by atoms with Gasteiger partial charge in [-0.15, -0.1) is 0 Å². The molecule has 2 rings (SSSR count). The normalized spacial score (nSPS) is 22.5. The predicted molar refractivity (Wildman–Crippen MR) is 68.1 cm³/mol. The molecule has 0 amide bonds. The molecule has 3 heteroatoms. The first-order chi connectivity index (χ1) is 8.38. The van der Waals surface area contributed by atoms with Crippen LogP contribution in [-0.4, -0.2) is 25.8 Å². The molecule has 0 radical (unpaired) electrons. The number of hydrogen-bond donors (Lipinski definition) is 1. The van der Waals surface area contributed by atoms with Crippen molar-refractivity contribution in [3.63, 3.8) is 0 Å². The molecule has 0 spiro atoms. The van der Waals surface area contributed by atoms with Crippen LogP contribution >= 0.6 is 0 Å². The van der Waals surface area contributed by atoms with Crippen LogP contribution in [0.15, 0.2) is 23.0 Å². The average Bonchev–Trinajstić information content (AvgIpc) is 2.88. The third-order valence-electron chi connectivity index (χ3n) is 3.58. The molecule has 0 bridgehead atoms. The van der Waals surface area contributed by atoms with Crippen LogP contribution in [0.4, 0.5) is 0 Å². The van der Waals surface area contributed by atoms with Gasteiger partial charge in [-0.05, 0) is 57.2 Å². The lowest BCUT2D eigenvalue weighted by atomic mass is 9.98. The molecule has 1 aliphatic rings. The van der Waals surface area contributed by atoms with Crippen LogP contribution in [-0.2, 0) is 11.2 Å². The second kappa shape index (κ2) is 6.82. The zero-order valence-corrected chi connectivity index (χ0v) is 10.7. The van der Waals surface area contributed by atoms with Crippen LogP contribution in [0.3, 0.4) is 0 Å². The maximum absolute atomic E-state index is 5.76. The molecule has 1 N–H and O–H groups in total. The molecular weight excluding hydrogens is 214 g/mol. The number of rotatable bonds is 6. The number of likely N-dealkylation sites (N-methyl/N-ethyl adjacent to an activating group) is 1. The topological polar surface area (TPSA) is 34.4 Å². The Morgan fingerprint density at radius 1 is 1.47 bits per heavy atom. The minimum absolute atomic E-state index is 0.490. The molecular formula is C14H23NO2. The SMILES string of the molecule is CNC(CCC1CCCCO1)Cc1ccoc1. The molecule has 1 saturated heterocycles. The van der Waals surface area contributed by atoms with Gasteiger partial charge >= 0.3 is 0 Å². The molecule has 1 aromatic rings. The Morgan fingerprint density at radius 2 is 2.41 bits per heavy atom. The molecule has 2 heterocycles. The number of hydrogen-bond acceptors (Lipinski definition) is 3. The molecule has 17 heavy (non-hydrogen) atoms. The van der Waals surface area contributed by atoms with Crippen LogP contribution in [0.25, 0.3) is 0 Å². The highest BCUT2D eigenvalue weighted by atomic mass is 16.5. The van der Waals surface area contributed by atoms with Crippen LogP contribution in [0.5, 0.6) is 0 Å². The second-order valence-electron chi connectivity index (χ2n) is 4.89. The fourth-order valence-electron chi connectivity index (χ4n) is 2.46. The summed E-state index contributed by atoms with van der Waals surface area (Å²) < 4.78 is 10.9. The Hall–Kier alpha value is -0.800. The summed E-state index contributed by atoms with van der Waals surface area (Å²) in [5.74, 6) is 0. The Labute approximate surface area is 104 Å². The van der Waals surface area contributed by atoms with Crippen LogP contribution < -0.4 is 5.32 Å². The van der Waals surface area contributed by atoms with Gasteiger partial charge in [-0.1, -0.05) is 0 Å². The van der Waals surface area contributed by atoms with E-state index in [-0.39, 0.29) is 0 Å². The zero-order valence-electron chi connectivity index (χ0n) is 10.7. The van der Waals surface area contributed by atoms with E-state index in [0.717, 1.165) is 13.0 Å². The first-order valence-corrected chi connectivity index (χ1v) is 6.68. The smallest absolute Gasteiger partial charge is 0.0935 e. The summed E-state index contributed by atoms with van der Waals surface area (Å²) in [6.07, 6.45) is 11.3. The fourth-order valence-corrected chi connectivity index (χ4v) is 2.46. The number of nitrogens with one attached hydrogen (secondary N) is 1. The summed E-state index contributed by atoms with van der Waals surface area (Å²) in [5.41, 5.74) is 1.27. The van der Waals surface area contributed by atoms with E-state index < -0.39 is 0 Å². The van der Waals surface area contributed by atoms with E-state index >= 15 is 0 Å². The van der Waals surface area contributed by atoms with Crippen molar-refractivity contribution in [2.24, 2.45) is 0 Å². The lowest BCUT2D eigenvalue weighted by molar-refractivity contribution is 0.00870. The fraction of sp³-hybridized carbons (Fsp3) is 0.714. The van der Waals surface area contributed by atoms with E-state index in [1.54, 1.807) is 6.26 Å². The molecule has 2 atom stereocenters. The molecule has 0 aromatic carbocycles. The maximum atomic E-state index is 5.76. The Kier molecular flexibility index (Phi) is 5.08. The molecule has 3 nitrogen and oxygen atoms in total. The van der Waals surface area contributed by atoms with Crippen LogP contribution in [0.1, 0.15) is 37.7 Å². The Balaban J connectivity index is 1.71. The molecule has 1 aromatic heterocycles. The van der Waals surface area contributed by atoms with Crippen molar-refractivity contribution in [1.29, 1.82) is 0 Å². The van der Waals surface area contributed by atoms with Crippen molar-refractivity contribution in [2.75, 3.05) is 13.7 Å². The van der Waals surface area contributed by atoms with Crippen molar-refractivity contribution >= 4 is 0 Å². The van der Waals surface area contributed by atoms with Crippen molar-refractivity contribution in [3.05, 3.63) is 24.2 Å². The van der Waals surface area contributed by atoms with Gasteiger partial charge in [0.05, 0.1) is 18.6 Å². The average molecular weight is 237 g/mol. The van der Waals surface area contributed by atoms with Gasteiger partial charge in [0.15, 0.2) is 0 Å². The van der Waals surface area contributed by atoms with E-state index in [1.807, 2.05) is 19.4 Å². The predicted octanol–water partition coefficient (Wildman–Crippen LogP) is 2.76. The summed E-state index contributed by atoms with van der Waals surface area (Å²) in [6, 6.07) is 2.57. The van der Waals surface area contributed by atoms with Gasteiger partial charge in [-0.2, -0.15) is 0 Å². The quantitative estimate of drug-likeness (QED) is 0.826. The highest BCUT2D eigenvalue weighted by molar-refractivity contribution is 5.07. The van der Waals surface area contributed by atoms with Gasteiger partial charge in [0.1, 0.15) is 0 Å². The number of ether oxygens (including phenoxy) is 1. The monoisotopic (exact) mass is 237 g/mol. The highest BCUT2D eigenvalue weighted by Gasteiger charge is 2.16. The second-order valence-corrected chi connectivity index (χ2v) is 4.89. The summed E-state index contributed by atoms with van der Waals surface area (Å²) in [6.45, 7) is 0.955. The van der Waals surface area contributed by atoms with Gasteiger partial charge in [0, 0.05) is 12.6 Å². The van der Waals surface area contributed by atoms with E-state index in [0.29, 0.717) is 12.1 Å². The van der Waals surface area contributed by atoms with Gasteiger partial charge in [0.25, 0.3) is 0 Å². The zero-order chi connectivity index (χ0) is 11.9. The van der Waals surface area contributed by atoms with Crippen LogP contribution in [0.2, 0.25) is 0 Å². The summed E-state index contributed by atoms with van der Waals surface area (Å²) in [7, 11) is 2.03. The summed E-state index contributed by atoms with van der Waals surface area (Å²) in [4.78, 5) is 0. The third kappa shape index (κ3) is 4.17. The van der Waals surface area contributed by atoms with E-state index in [1.165, 1.54) is 37.7 Å². The van der Waals surface area contributed by atoms with Crippen molar-refractivity contribution < 1.29 is 9.15 Å². The first-order valence-electron chi connectivity index (χ1n) is 6.68. The van der Waals surface area contributed by atoms with Crippen molar-refractivity contribution in [3.8, 4) is 0 Å². The summed E-state index contributed by atoms with van der Waals surface area (Å²) >= 11 is 0. The number of furan rings is 1. The lowest BCUT2D eigenvalue weighted by Crippen LogP contribution is -2.30. The van der Waals surface area contributed by atoms with E-state index in [2.05, 4.69) is 5.32 Å². The minimum atomic E-state index is 0.490. The largest absolute Gasteiger partial charge is 0.472 e. The maximum Gasteiger partial charge on any atom is 0.0935 e. The summed E-state index contributed by atoms with van der Waals surface area (Å²) in [5, 5.41) is 3.38. The van der Waals surface area contributed by atoms with Gasteiger partial charge in [-0.25, -0.2) is 0 Å². The first kappa shape index (κ1) is 12.7. The molecule has 96 valence electrons. The Morgan fingerprint density at radius 3 is 3.06 bits per heavy atom. The van der Waals surface area contributed by atoms with E-state index in [9.17, 15) is 0 Å². The van der Waals surface area contributed by atoms with E-state index in [4.69, 9.17) is 9.15 Å². The Bertz CT molecular complexity index is 291. The molecule has 0 saturated carbocycles. The van der Waals surface area contributed by atoms with Crippen LogP contribution in [0, 0.1) is 0 Å². The molecule has 2 unspecified atom stereocenters. The van der Waals surface area contributed by atoms with Crippen molar-refractivity contribution in [2.45, 2.75) is 50.7 Å². The molecule has 1 aliphatic heterocycles.